The van der Waals surface area contributed by atoms with E-state index in [1.165, 1.54) is 16.2 Å². The van der Waals surface area contributed by atoms with Crippen molar-refractivity contribution in [3.8, 4) is 5.75 Å². The van der Waals surface area contributed by atoms with Crippen molar-refractivity contribution in [1.82, 2.24) is 9.97 Å². The van der Waals surface area contributed by atoms with Gasteiger partial charge in [0.1, 0.15) is 11.3 Å². The maximum Gasteiger partial charge on any atom is 0.233 e. The number of ether oxygens (including phenoxy) is 1. The topological polar surface area (TPSA) is 55.3 Å². The average Bonchev–Trinajstić information content (AvgIpc) is 3.24. The summed E-state index contributed by atoms with van der Waals surface area (Å²) in [4.78, 5) is 25.5. The van der Waals surface area contributed by atoms with Crippen LogP contribution < -0.4 is 9.64 Å². The predicted molar refractivity (Wildman–Crippen MR) is 128 cm³/mol. The largest absolute Gasteiger partial charge is 0.492 e. The first-order chi connectivity index (χ1) is 15.2. The second kappa shape index (κ2) is 9.94. The fourth-order valence-electron chi connectivity index (χ4n) is 3.23. The van der Waals surface area contributed by atoms with Crippen LogP contribution >= 0.6 is 23.1 Å². The highest BCUT2D eigenvalue weighted by Crippen LogP contribution is 2.35. The molecular formula is C24H23N3O2S2. The molecule has 158 valence electrons. The van der Waals surface area contributed by atoms with E-state index in [9.17, 15) is 4.79 Å². The maximum absolute atomic E-state index is 13.4. The number of thiazole rings is 1. The molecule has 2 aromatic heterocycles. The molecule has 4 rings (SSSR count). The van der Waals surface area contributed by atoms with Crippen LogP contribution in [0.25, 0.3) is 10.2 Å². The van der Waals surface area contributed by atoms with Crippen LogP contribution in [0.15, 0.2) is 71.8 Å². The molecule has 0 bridgehead atoms. The molecule has 0 aliphatic carbocycles. The number of rotatable bonds is 8. The summed E-state index contributed by atoms with van der Waals surface area (Å²) in [5, 5.41) is 0.651. The number of amides is 1. The summed E-state index contributed by atoms with van der Waals surface area (Å²) in [6.07, 6.45) is 4.08. The number of fused-ring (bicyclic) bond motifs is 1. The van der Waals surface area contributed by atoms with Crippen LogP contribution in [0.2, 0.25) is 0 Å². The molecule has 1 amide bonds. The molecule has 0 unspecified atom stereocenters. The van der Waals surface area contributed by atoms with Gasteiger partial charge in [-0.25, -0.2) is 4.98 Å². The first-order valence-electron chi connectivity index (χ1n) is 10.0. The van der Waals surface area contributed by atoms with Crippen molar-refractivity contribution in [3.05, 3.63) is 78.1 Å². The Kier molecular flexibility index (Phi) is 6.84. The summed E-state index contributed by atoms with van der Waals surface area (Å²) in [6.45, 7) is 2.88. The number of hydrogen-bond donors (Lipinski definition) is 0. The van der Waals surface area contributed by atoms with Crippen molar-refractivity contribution in [1.29, 1.82) is 0 Å². The molecular weight excluding hydrogens is 426 g/mol. The summed E-state index contributed by atoms with van der Waals surface area (Å²) in [5.74, 6) is 0.722. The van der Waals surface area contributed by atoms with Crippen molar-refractivity contribution in [2.45, 2.75) is 24.8 Å². The van der Waals surface area contributed by atoms with E-state index in [1.54, 1.807) is 22.9 Å². The summed E-state index contributed by atoms with van der Waals surface area (Å²) < 4.78 is 6.72. The van der Waals surface area contributed by atoms with Gasteiger partial charge >= 0.3 is 0 Å². The zero-order valence-electron chi connectivity index (χ0n) is 17.4. The lowest BCUT2D eigenvalue weighted by Crippen LogP contribution is -2.32. The van der Waals surface area contributed by atoms with E-state index in [-0.39, 0.29) is 5.91 Å². The van der Waals surface area contributed by atoms with Gasteiger partial charge in [-0.3, -0.25) is 14.7 Å². The second-order valence-corrected chi connectivity index (χ2v) is 8.75. The predicted octanol–water partition coefficient (Wildman–Crippen LogP) is 5.59. The van der Waals surface area contributed by atoms with Crippen molar-refractivity contribution in [2.75, 3.05) is 17.8 Å². The Morgan fingerprint density at radius 3 is 2.65 bits per heavy atom. The fraction of sp³-hybridized carbons (Fsp3) is 0.208. The highest BCUT2D eigenvalue weighted by molar-refractivity contribution is 7.98. The molecule has 0 saturated carbocycles. The van der Waals surface area contributed by atoms with Gasteiger partial charge in [-0.15, -0.1) is 11.8 Å². The third-order valence-corrected chi connectivity index (χ3v) is 6.55. The number of carbonyl (C=O) groups excluding carboxylic acids is 1. The Morgan fingerprint density at radius 2 is 1.94 bits per heavy atom. The van der Waals surface area contributed by atoms with Crippen LogP contribution in [-0.4, -0.2) is 28.7 Å². The second-order valence-electron chi connectivity index (χ2n) is 6.86. The number of para-hydroxylation sites is 1. The summed E-state index contributed by atoms with van der Waals surface area (Å²) in [7, 11) is 0. The van der Waals surface area contributed by atoms with E-state index in [0.29, 0.717) is 24.7 Å². The van der Waals surface area contributed by atoms with E-state index in [4.69, 9.17) is 9.72 Å². The zero-order valence-corrected chi connectivity index (χ0v) is 19.1. The lowest BCUT2D eigenvalue weighted by Gasteiger charge is -2.19. The minimum atomic E-state index is -0.0143. The van der Waals surface area contributed by atoms with E-state index < -0.39 is 0 Å². The molecule has 0 spiro atoms. The Labute approximate surface area is 190 Å². The van der Waals surface area contributed by atoms with Crippen LogP contribution in [0.3, 0.4) is 0 Å². The number of nitrogens with zero attached hydrogens (tertiary/aromatic N) is 3. The lowest BCUT2D eigenvalue weighted by molar-refractivity contribution is -0.118. The number of pyridine rings is 1. The number of carbonyl (C=O) groups is 1. The molecule has 0 N–H and O–H groups in total. The van der Waals surface area contributed by atoms with Crippen molar-refractivity contribution < 1.29 is 9.53 Å². The van der Waals surface area contributed by atoms with E-state index in [2.05, 4.69) is 4.98 Å². The Balaban J connectivity index is 1.67. The molecule has 0 aliphatic heterocycles. The van der Waals surface area contributed by atoms with E-state index in [0.717, 1.165) is 27.2 Å². The molecule has 0 atom stereocenters. The van der Waals surface area contributed by atoms with Crippen molar-refractivity contribution >= 4 is 44.4 Å². The third kappa shape index (κ3) is 5.06. The molecule has 0 aliphatic rings. The van der Waals surface area contributed by atoms with Crippen LogP contribution in [0, 0.1) is 0 Å². The summed E-state index contributed by atoms with van der Waals surface area (Å²) in [5.41, 5.74) is 2.58. The molecule has 4 aromatic rings. The van der Waals surface area contributed by atoms with Crippen molar-refractivity contribution in [3.63, 3.8) is 0 Å². The van der Waals surface area contributed by atoms with Gasteiger partial charge in [0, 0.05) is 11.1 Å². The van der Waals surface area contributed by atoms with E-state index >= 15 is 0 Å². The van der Waals surface area contributed by atoms with Crippen LogP contribution in [-0.2, 0) is 17.8 Å². The van der Waals surface area contributed by atoms with Gasteiger partial charge in [-0.05, 0) is 55.1 Å². The number of benzene rings is 2. The monoisotopic (exact) mass is 449 g/mol. The molecule has 2 aromatic carbocycles. The van der Waals surface area contributed by atoms with Crippen LogP contribution in [0.5, 0.6) is 5.75 Å². The normalized spacial score (nSPS) is 10.9. The van der Waals surface area contributed by atoms with Gasteiger partial charge in [-0.1, -0.05) is 35.6 Å². The lowest BCUT2D eigenvalue weighted by atomic mass is 10.1. The number of thioether (sulfide) groups is 1. The summed E-state index contributed by atoms with van der Waals surface area (Å²) in [6, 6.07) is 19.7. The molecule has 7 heteroatoms. The van der Waals surface area contributed by atoms with Gasteiger partial charge in [0.25, 0.3) is 0 Å². The Bertz CT molecular complexity index is 1160. The number of aromatic nitrogens is 2. The number of anilines is 1. The van der Waals surface area contributed by atoms with Gasteiger partial charge in [0.15, 0.2) is 5.13 Å². The van der Waals surface area contributed by atoms with Gasteiger partial charge < -0.3 is 4.74 Å². The first-order valence-corrected chi connectivity index (χ1v) is 12.1. The summed E-state index contributed by atoms with van der Waals surface area (Å²) >= 11 is 3.18. The maximum atomic E-state index is 13.4. The highest BCUT2D eigenvalue weighted by atomic mass is 32.2. The SMILES string of the molecule is CCOc1cccc2sc(N(Cc3ccccn3)C(=O)Cc3ccc(SC)cc3)nc12. The highest BCUT2D eigenvalue weighted by Gasteiger charge is 2.22. The molecule has 31 heavy (non-hydrogen) atoms. The smallest absolute Gasteiger partial charge is 0.233 e. The Hall–Kier alpha value is -2.90. The minimum Gasteiger partial charge on any atom is -0.492 e. The minimum absolute atomic E-state index is 0.0143. The van der Waals surface area contributed by atoms with Gasteiger partial charge in [-0.2, -0.15) is 0 Å². The molecule has 5 nitrogen and oxygen atoms in total. The molecule has 2 heterocycles. The molecule has 0 saturated heterocycles. The number of hydrogen-bond acceptors (Lipinski definition) is 6. The third-order valence-electron chi connectivity index (χ3n) is 4.76. The van der Waals surface area contributed by atoms with Gasteiger partial charge in [0.2, 0.25) is 5.91 Å². The van der Waals surface area contributed by atoms with Crippen LogP contribution in [0.4, 0.5) is 5.13 Å². The standard InChI is InChI=1S/C24H23N3O2S2/c1-3-29-20-8-6-9-21-23(20)26-24(31-21)27(16-18-7-4-5-14-25-18)22(28)15-17-10-12-19(30-2)13-11-17/h4-14H,3,15-16H2,1-2H3. The fourth-order valence-corrected chi connectivity index (χ4v) is 4.64. The molecule has 0 radical (unpaired) electrons. The first kappa shape index (κ1) is 21.3. The quantitative estimate of drug-likeness (QED) is 0.328. The average molecular weight is 450 g/mol. The van der Waals surface area contributed by atoms with E-state index in [1.807, 2.05) is 73.8 Å². The Morgan fingerprint density at radius 1 is 1.10 bits per heavy atom. The van der Waals surface area contributed by atoms with Crippen molar-refractivity contribution in [2.24, 2.45) is 0 Å². The van der Waals surface area contributed by atoms with Crippen LogP contribution in [0.1, 0.15) is 18.2 Å². The molecule has 0 fully saturated rings. The van der Waals surface area contributed by atoms with Gasteiger partial charge in [0.05, 0.1) is 30.0 Å². The zero-order chi connectivity index (χ0) is 21.6.